The molecule has 0 spiro atoms. The first kappa shape index (κ1) is 9.36. The van der Waals surface area contributed by atoms with Crippen molar-refractivity contribution in [1.82, 2.24) is 4.94 Å². The van der Waals surface area contributed by atoms with E-state index in [2.05, 4.69) is 43.3 Å². The van der Waals surface area contributed by atoms with Crippen LogP contribution >= 0.6 is 11.8 Å². The van der Waals surface area contributed by atoms with Crippen LogP contribution in [0.4, 0.5) is 5.69 Å². The van der Waals surface area contributed by atoms with Crippen LogP contribution in [0, 0.1) is 20.8 Å². The summed E-state index contributed by atoms with van der Waals surface area (Å²) in [5.41, 5.74) is 7.60. The Morgan fingerprint density at radius 2 is 1.58 bits per heavy atom. The number of rotatable bonds is 2. The summed E-state index contributed by atoms with van der Waals surface area (Å²) in [4.78, 5) is 2.41. The highest BCUT2D eigenvalue weighted by atomic mass is 35.5. The lowest BCUT2D eigenvalue weighted by Gasteiger charge is -2.11. The summed E-state index contributed by atoms with van der Waals surface area (Å²) < 4.78 is 0. The summed E-state index contributed by atoms with van der Waals surface area (Å²) in [7, 11) is 0. The van der Waals surface area contributed by atoms with Crippen LogP contribution in [0.15, 0.2) is 12.1 Å². The Morgan fingerprint density at radius 3 is 2.00 bits per heavy atom. The predicted molar refractivity (Wildman–Crippen MR) is 53.3 cm³/mol. The minimum Gasteiger partial charge on any atom is -0.307 e. The number of halogens is 1. The highest BCUT2D eigenvalue weighted by Crippen LogP contribution is 2.20. The molecule has 66 valence electrons. The molecule has 2 nitrogen and oxygen atoms in total. The van der Waals surface area contributed by atoms with E-state index in [1.54, 1.807) is 0 Å². The molecule has 0 fully saturated rings. The zero-order valence-electron chi connectivity index (χ0n) is 7.53. The third-order valence-corrected chi connectivity index (χ3v) is 1.94. The van der Waals surface area contributed by atoms with E-state index < -0.39 is 0 Å². The van der Waals surface area contributed by atoms with Crippen LogP contribution in [0.25, 0.3) is 0 Å². The standard InChI is InChI=1S/C9H13ClN2/c1-6-4-7(2)9(11-12-10)8(3)5-6/h4-5,11-12H,1-3H3. The molecule has 3 heteroatoms. The number of hydrazine groups is 1. The second kappa shape index (κ2) is 3.78. The zero-order valence-corrected chi connectivity index (χ0v) is 8.29. The maximum atomic E-state index is 5.36. The van der Waals surface area contributed by atoms with Crippen molar-refractivity contribution >= 4 is 17.5 Å². The Hall–Kier alpha value is -0.730. The van der Waals surface area contributed by atoms with E-state index in [0.29, 0.717) is 0 Å². The molecule has 0 saturated heterocycles. The Morgan fingerprint density at radius 1 is 1.08 bits per heavy atom. The molecule has 0 bridgehead atoms. The quantitative estimate of drug-likeness (QED) is 0.546. The van der Waals surface area contributed by atoms with E-state index in [4.69, 9.17) is 11.8 Å². The van der Waals surface area contributed by atoms with Crippen molar-refractivity contribution in [3.05, 3.63) is 28.8 Å². The van der Waals surface area contributed by atoms with Crippen LogP contribution in [0.5, 0.6) is 0 Å². The summed E-state index contributed by atoms with van der Waals surface area (Å²) in [5.74, 6) is 0. The van der Waals surface area contributed by atoms with Gasteiger partial charge in [-0.2, -0.15) is 0 Å². The van der Waals surface area contributed by atoms with Gasteiger partial charge in [-0.1, -0.05) is 17.7 Å². The number of benzene rings is 1. The summed E-state index contributed by atoms with van der Waals surface area (Å²) in [6, 6.07) is 4.23. The minimum atomic E-state index is 1.05. The molecule has 1 rings (SSSR count). The van der Waals surface area contributed by atoms with Crippen molar-refractivity contribution in [2.45, 2.75) is 20.8 Å². The van der Waals surface area contributed by atoms with Crippen molar-refractivity contribution in [1.29, 1.82) is 0 Å². The van der Waals surface area contributed by atoms with Gasteiger partial charge in [-0.3, -0.25) is 0 Å². The molecule has 0 aromatic heterocycles. The molecule has 0 aliphatic rings. The molecule has 0 heterocycles. The van der Waals surface area contributed by atoms with Crippen molar-refractivity contribution in [2.24, 2.45) is 0 Å². The van der Waals surface area contributed by atoms with Gasteiger partial charge in [0.1, 0.15) is 0 Å². The fourth-order valence-electron chi connectivity index (χ4n) is 1.42. The predicted octanol–water partition coefficient (Wildman–Crippen LogP) is 2.68. The number of hydrogen-bond acceptors (Lipinski definition) is 2. The average molecular weight is 185 g/mol. The van der Waals surface area contributed by atoms with E-state index in [1.807, 2.05) is 0 Å². The Kier molecular flexibility index (Phi) is 2.95. The van der Waals surface area contributed by atoms with Crippen molar-refractivity contribution in [3.8, 4) is 0 Å². The van der Waals surface area contributed by atoms with Crippen LogP contribution in [0.1, 0.15) is 16.7 Å². The number of anilines is 1. The van der Waals surface area contributed by atoms with E-state index in [9.17, 15) is 0 Å². The largest absolute Gasteiger partial charge is 0.307 e. The molecular weight excluding hydrogens is 172 g/mol. The lowest BCUT2D eigenvalue weighted by molar-refractivity contribution is 1.16. The first-order valence-electron chi connectivity index (χ1n) is 3.84. The minimum absolute atomic E-state index is 1.05. The molecule has 0 atom stereocenters. The van der Waals surface area contributed by atoms with Crippen LogP contribution < -0.4 is 10.4 Å². The summed E-state index contributed by atoms with van der Waals surface area (Å²) in [6.07, 6.45) is 0. The summed E-state index contributed by atoms with van der Waals surface area (Å²) in [6.45, 7) is 6.19. The Bertz CT molecular complexity index is 261. The van der Waals surface area contributed by atoms with Gasteiger partial charge in [0.15, 0.2) is 0 Å². The fourth-order valence-corrected chi connectivity index (χ4v) is 1.52. The highest BCUT2D eigenvalue weighted by Gasteiger charge is 2.01. The maximum absolute atomic E-state index is 5.36. The molecule has 1 aromatic carbocycles. The van der Waals surface area contributed by atoms with Gasteiger partial charge in [-0.15, -0.1) is 4.94 Å². The second-order valence-electron chi connectivity index (χ2n) is 2.99. The van der Waals surface area contributed by atoms with Gasteiger partial charge >= 0.3 is 0 Å². The number of nitrogens with one attached hydrogen (secondary N) is 2. The van der Waals surface area contributed by atoms with E-state index in [-0.39, 0.29) is 0 Å². The normalized spacial score (nSPS) is 10.0. The lowest BCUT2D eigenvalue weighted by Crippen LogP contribution is -2.11. The van der Waals surface area contributed by atoms with Gasteiger partial charge in [-0.25, -0.2) is 0 Å². The van der Waals surface area contributed by atoms with Crippen molar-refractivity contribution in [3.63, 3.8) is 0 Å². The molecule has 0 unspecified atom stereocenters. The van der Waals surface area contributed by atoms with Crippen molar-refractivity contribution in [2.75, 3.05) is 5.43 Å². The van der Waals surface area contributed by atoms with E-state index in [1.165, 1.54) is 16.7 Å². The molecule has 0 saturated carbocycles. The third-order valence-electron chi connectivity index (χ3n) is 1.85. The molecular formula is C9H13ClN2. The van der Waals surface area contributed by atoms with Gasteiger partial charge in [0.25, 0.3) is 0 Å². The first-order chi connectivity index (χ1) is 5.65. The molecule has 2 N–H and O–H groups in total. The molecule has 0 aliphatic heterocycles. The highest BCUT2D eigenvalue weighted by molar-refractivity contribution is 6.14. The SMILES string of the molecule is Cc1cc(C)c(NNCl)c(C)c1. The smallest absolute Gasteiger partial charge is 0.0558 e. The van der Waals surface area contributed by atoms with Gasteiger partial charge in [0.2, 0.25) is 0 Å². The van der Waals surface area contributed by atoms with E-state index in [0.717, 1.165) is 5.69 Å². The Balaban J connectivity index is 3.10. The van der Waals surface area contributed by atoms with Gasteiger partial charge in [-0.05, 0) is 43.7 Å². The summed E-state index contributed by atoms with van der Waals surface area (Å²) in [5, 5.41) is 0. The molecule has 0 amide bonds. The molecule has 12 heavy (non-hydrogen) atoms. The van der Waals surface area contributed by atoms with Gasteiger partial charge in [0.05, 0.1) is 5.69 Å². The van der Waals surface area contributed by atoms with E-state index >= 15 is 0 Å². The average Bonchev–Trinajstić information content (AvgIpc) is 1.96. The van der Waals surface area contributed by atoms with Crippen LogP contribution in [-0.4, -0.2) is 0 Å². The summed E-state index contributed by atoms with van der Waals surface area (Å²) >= 11 is 5.36. The zero-order chi connectivity index (χ0) is 9.14. The monoisotopic (exact) mass is 184 g/mol. The van der Waals surface area contributed by atoms with Crippen LogP contribution in [-0.2, 0) is 0 Å². The van der Waals surface area contributed by atoms with Gasteiger partial charge < -0.3 is 5.43 Å². The molecule has 0 aliphatic carbocycles. The molecule has 1 aromatic rings. The number of hydrogen-bond donors (Lipinski definition) is 2. The maximum Gasteiger partial charge on any atom is 0.0558 e. The third kappa shape index (κ3) is 1.90. The topological polar surface area (TPSA) is 24.1 Å². The fraction of sp³-hybridized carbons (Fsp3) is 0.333. The van der Waals surface area contributed by atoms with Crippen molar-refractivity contribution < 1.29 is 0 Å². The van der Waals surface area contributed by atoms with Crippen LogP contribution in [0.3, 0.4) is 0 Å². The number of aryl methyl sites for hydroxylation is 3. The molecule has 0 radical (unpaired) electrons. The Labute approximate surface area is 78.0 Å². The second-order valence-corrected chi connectivity index (χ2v) is 3.18. The lowest BCUT2D eigenvalue weighted by atomic mass is 10.1. The first-order valence-corrected chi connectivity index (χ1v) is 4.22. The van der Waals surface area contributed by atoms with Crippen LogP contribution in [0.2, 0.25) is 0 Å². The van der Waals surface area contributed by atoms with Gasteiger partial charge in [0, 0.05) is 0 Å².